The molecule has 0 aliphatic heterocycles. The molecule has 0 aliphatic rings. The third-order valence-corrected chi connectivity index (χ3v) is 3.12. The summed E-state index contributed by atoms with van der Waals surface area (Å²) < 4.78 is 0. The van der Waals surface area contributed by atoms with Gasteiger partial charge in [-0.1, -0.05) is 38.1 Å². The summed E-state index contributed by atoms with van der Waals surface area (Å²) >= 11 is 0. The van der Waals surface area contributed by atoms with Crippen LogP contribution in [-0.2, 0) is 0 Å². The lowest BCUT2D eigenvalue weighted by Gasteiger charge is -2.11. The zero-order valence-corrected chi connectivity index (χ0v) is 11.2. The second kappa shape index (κ2) is 4.77. The number of hydrogen-bond donors (Lipinski definition) is 1. The third-order valence-electron chi connectivity index (χ3n) is 3.12. The molecule has 0 atom stereocenters. The molecule has 0 radical (unpaired) electrons. The highest BCUT2D eigenvalue weighted by molar-refractivity contribution is 5.66. The van der Waals surface area contributed by atoms with Crippen LogP contribution in [0.5, 0.6) is 0 Å². The monoisotopic (exact) mass is 242 g/mol. The number of H-pyrrole nitrogens is 1. The van der Waals surface area contributed by atoms with E-state index in [0.29, 0.717) is 5.56 Å². The lowest BCUT2D eigenvalue weighted by atomic mass is 10.0. The summed E-state index contributed by atoms with van der Waals surface area (Å²) in [6.45, 7) is 7.90. The van der Waals surface area contributed by atoms with Crippen molar-refractivity contribution in [2.75, 3.05) is 0 Å². The zero-order chi connectivity index (χ0) is 13.3. The Morgan fingerprint density at radius 3 is 2.44 bits per heavy atom. The Balaban J connectivity index is 2.71. The van der Waals surface area contributed by atoms with Gasteiger partial charge in [-0.3, -0.25) is 4.79 Å². The summed E-state index contributed by atoms with van der Waals surface area (Å²) in [5.41, 5.74) is 3.58. The maximum atomic E-state index is 12.0. The van der Waals surface area contributed by atoms with Crippen molar-refractivity contribution in [1.29, 1.82) is 0 Å². The van der Waals surface area contributed by atoms with Gasteiger partial charge in [0.1, 0.15) is 5.82 Å². The molecule has 0 spiro atoms. The number of hydrogen-bond acceptors (Lipinski definition) is 2. The molecule has 3 nitrogen and oxygen atoms in total. The number of benzene rings is 1. The Labute approximate surface area is 107 Å². The second-order valence-electron chi connectivity index (χ2n) is 4.89. The molecule has 0 aliphatic carbocycles. The molecule has 3 heteroatoms. The highest BCUT2D eigenvalue weighted by atomic mass is 16.1. The van der Waals surface area contributed by atoms with Gasteiger partial charge in [0.15, 0.2) is 0 Å². The first-order chi connectivity index (χ1) is 8.50. The van der Waals surface area contributed by atoms with Crippen molar-refractivity contribution in [3.63, 3.8) is 0 Å². The maximum absolute atomic E-state index is 12.0. The van der Waals surface area contributed by atoms with E-state index in [1.54, 1.807) is 0 Å². The van der Waals surface area contributed by atoms with E-state index in [1.807, 2.05) is 52.0 Å². The molecule has 0 saturated carbocycles. The average molecular weight is 242 g/mol. The fraction of sp³-hybridized carbons (Fsp3) is 0.333. The quantitative estimate of drug-likeness (QED) is 0.879. The fourth-order valence-corrected chi connectivity index (χ4v) is 1.92. The van der Waals surface area contributed by atoms with Crippen molar-refractivity contribution >= 4 is 0 Å². The topological polar surface area (TPSA) is 45.8 Å². The Bertz CT molecular complexity index is 627. The summed E-state index contributed by atoms with van der Waals surface area (Å²) in [4.78, 5) is 19.4. The van der Waals surface area contributed by atoms with E-state index in [1.165, 1.54) is 0 Å². The molecule has 1 aromatic carbocycles. The van der Waals surface area contributed by atoms with Crippen molar-refractivity contribution in [3.8, 4) is 11.3 Å². The van der Waals surface area contributed by atoms with Crippen molar-refractivity contribution < 1.29 is 0 Å². The van der Waals surface area contributed by atoms with E-state index in [-0.39, 0.29) is 11.5 Å². The summed E-state index contributed by atoms with van der Waals surface area (Å²) in [5.74, 6) is 0.949. The predicted octanol–water partition coefficient (Wildman–Crippen LogP) is 3.18. The lowest BCUT2D eigenvalue weighted by molar-refractivity contribution is 0.764. The van der Waals surface area contributed by atoms with Gasteiger partial charge in [-0.25, -0.2) is 4.98 Å². The second-order valence-corrected chi connectivity index (χ2v) is 4.89. The van der Waals surface area contributed by atoms with Crippen LogP contribution in [0.25, 0.3) is 11.3 Å². The summed E-state index contributed by atoms with van der Waals surface area (Å²) in [5, 5.41) is 0. The minimum Gasteiger partial charge on any atom is -0.310 e. The SMILES string of the molecule is Cc1ccccc1-c1nc(C(C)C)[nH]c(=O)c1C. The normalized spacial score (nSPS) is 10.9. The summed E-state index contributed by atoms with van der Waals surface area (Å²) in [6.07, 6.45) is 0. The van der Waals surface area contributed by atoms with Crippen molar-refractivity contribution in [1.82, 2.24) is 9.97 Å². The van der Waals surface area contributed by atoms with Gasteiger partial charge in [-0.2, -0.15) is 0 Å². The molecule has 0 unspecified atom stereocenters. The minimum atomic E-state index is -0.0491. The Morgan fingerprint density at radius 2 is 1.83 bits per heavy atom. The number of rotatable bonds is 2. The molecule has 1 N–H and O–H groups in total. The molecule has 1 heterocycles. The van der Waals surface area contributed by atoms with Crippen LogP contribution >= 0.6 is 0 Å². The third kappa shape index (κ3) is 2.21. The van der Waals surface area contributed by atoms with Gasteiger partial charge in [0, 0.05) is 17.0 Å². The van der Waals surface area contributed by atoms with Crippen LogP contribution in [0.2, 0.25) is 0 Å². The van der Waals surface area contributed by atoms with Gasteiger partial charge in [-0.15, -0.1) is 0 Å². The standard InChI is InChI=1S/C15H18N2O/c1-9(2)14-16-13(11(4)15(18)17-14)12-8-6-5-7-10(12)3/h5-9H,1-4H3,(H,16,17,18). The number of nitrogens with one attached hydrogen (secondary N) is 1. The van der Waals surface area contributed by atoms with Crippen molar-refractivity contribution in [2.45, 2.75) is 33.6 Å². The minimum absolute atomic E-state index is 0.0491. The largest absolute Gasteiger partial charge is 0.310 e. The Hall–Kier alpha value is -1.90. The van der Waals surface area contributed by atoms with Crippen LogP contribution in [0.3, 0.4) is 0 Å². The Kier molecular flexibility index (Phi) is 3.32. The van der Waals surface area contributed by atoms with E-state index in [4.69, 9.17) is 0 Å². The Morgan fingerprint density at radius 1 is 1.17 bits per heavy atom. The van der Waals surface area contributed by atoms with Crippen LogP contribution in [0.1, 0.15) is 36.7 Å². The van der Waals surface area contributed by atoms with Gasteiger partial charge < -0.3 is 4.98 Å². The predicted molar refractivity (Wildman–Crippen MR) is 73.9 cm³/mol. The molecule has 2 aromatic rings. The highest BCUT2D eigenvalue weighted by Gasteiger charge is 2.12. The van der Waals surface area contributed by atoms with Gasteiger partial charge >= 0.3 is 0 Å². The first-order valence-corrected chi connectivity index (χ1v) is 6.17. The number of aromatic amines is 1. The molecule has 1 aromatic heterocycles. The molecule has 18 heavy (non-hydrogen) atoms. The van der Waals surface area contributed by atoms with Crippen LogP contribution < -0.4 is 5.56 Å². The lowest BCUT2D eigenvalue weighted by Crippen LogP contribution is -2.17. The summed E-state index contributed by atoms with van der Waals surface area (Å²) in [6, 6.07) is 8.01. The number of aromatic nitrogens is 2. The van der Waals surface area contributed by atoms with Crippen LogP contribution in [0.4, 0.5) is 0 Å². The van der Waals surface area contributed by atoms with Crippen LogP contribution in [0.15, 0.2) is 29.1 Å². The van der Waals surface area contributed by atoms with E-state index in [9.17, 15) is 4.79 Å². The molecule has 94 valence electrons. The molecule has 2 rings (SSSR count). The maximum Gasteiger partial charge on any atom is 0.254 e. The van der Waals surface area contributed by atoms with Crippen molar-refractivity contribution in [3.05, 3.63) is 51.6 Å². The highest BCUT2D eigenvalue weighted by Crippen LogP contribution is 2.23. The molecular formula is C15H18N2O. The summed E-state index contributed by atoms with van der Waals surface area (Å²) in [7, 11) is 0. The number of aryl methyl sites for hydroxylation is 1. The molecule has 0 fully saturated rings. The van der Waals surface area contributed by atoms with Gasteiger partial charge in [-0.05, 0) is 19.4 Å². The van der Waals surface area contributed by atoms with Crippen molar-refractivity contribution in [2.24, 2.45) is 0 Å². The van der Waals surface area contributed by atoms with E-state index in [2.05, 4.69) is 9.97 Å². The first-order valence-electron chi connectivity index (χ1n) is 6.17. The molecule has 0 amide bonds. The van der Waals surface area contributed by atoms with E-state index < -0.39 is 0 Å². The van der Waals surface area contributed by atoms with Gasteiger partial charge in [0.05, 0.1) is 5.69 Å². The first kappa shape index (κ1) is 12.6. The smallest absolute Gasteiger partial charge is 0.254 e. The van der Waals surface area contributed by atoms with Crippen LogP contribution in [-0.4, -0.2) is 9.97 Å². The van der Waals surface area contributed by atoms with Crippen LogP contribution in [0, 0.1) is 13.8 Å². The number of nitrogens with zero attached hydrogens (tertiary/aromatic N) is 1. The molecule has 0 bridgehead atoms. The molecule has 0 saturated heterocycles. The molecular weight excluding hydrogens is 224 g/mol. The fourth-order valence-electron chi connectivity index (χ4n) is 1.92. The zero-order valence-electron chi connectivity index (χ0n) is 11.2. The van der Waals surface area contributed by atoms with E-state index >= 15 is 0 Å². The average Bonchev–Trinajstić information content (AvgIpc) is 2.33. The van der Waals surface area contributed by atoms with E-state index in [0.717, 1.165) is 22.6 Å². The van der Waals surface area contributed by atoms with Gasteiger partial charge in [0.25, 0.3) is 5.56 Å². The van der Waals surface area contributed by atoms with Gasteiger partial charge in [0.2, 0.25) is 0 Å².